The monoisotopic (exact) mass is 360 g/mol. The first-order chi connectivity index (χ1) is 8.62. The summed E-state index contributed by atoms with van der Waals surface area (Å²) in [5.74, 6) is -0.0912. The number of thiol groups is 2. The molecular formula is C12H24O4S2Zn. The first kappa shape index (κ1) is 24.3. The SMILES string of the molecule is CCCCOC(=O)CS.CCCCOC(=O)CS.[Zn]. The minimum Gasteiger partial charge on any atom is -0.465 e. The van der Waals surface area contributed by atoms with Gasteiger partial charge in [-0.05, 0) is 12.8 Å². The van der Waals surface area contributed by atoms with Crippen molar-refractivity contribution >= 4 is 37.2 Å². The Balaban J connectivity index is -0.000000256. The van der Waals surface area contributed by atoms with E-state index in [2.05, 4.69) is 39.1 Å². The van der Waals surface area contributed by atoms with Crippen molar-refractivity contribution in [3.05, 3.63) is 0 Å². The average molecular weight is 362 g/mol. The minimum absolute atomic E-state index is 0. The fourth-order valence-electron chi connectivity index (χ4n) is 0.752. The fraction of sp³-hybridized carbons (Fsp3) is 0.833. The zero-order valence-corrected chi connectivity index (χ0v) is 16.6. The Morgan fingerprint density at radius 3 is 1.37 bits per heavy atom. The molecule has 0 aromatic rings. The molecule has 0 aromatic carbocycles. The Kier molecular flexibility index (Phi) is 26.3. The van der Waals surface area contributed by atoms with Crippen molar-refractivity contribution in [3.63, 3.8) is 0 Å². The number of ether oxygens (including phenoxy) is 2. The summed E-state index contributed by atoms with van der Waals surface area (Å²) in [6, 6.07) is 0. The smallest absolute Gasteiger partial charge is 0.315 e. The van der Waals surface area contributed by atoms with Gasteiger partial charge in [-0.2, -0.15) is 25.3 Å². The largest absolute Gasteiger partial charge is 0.465 e. The second-order valence-electron chi connectivity index (χ2n) is 3.46. The zero-order valence-electron chi connectivity index (χ0n) is 11.9. The Bertz CT molecular complexity index is 194. The van der Waals surface area contributed by atoms with Crippen LogP contribution in [0.4, 0.5) is 0 Å². The van der Waals surface area contributed by atoms with Crippen molar-refractivity contribution in [3.8, 4) is 0 Å². The summed E-state index contributed by atoms with van der Waals surface area (Å²) >= 11 is 7.49. The quantitative estimate of drug-likeness (QED) is 0.302. The van der Waals surface area contributed by atoms with Crippen LogP contribution in [0.25, 0.3) is 0 Å². The van der Waals surface area contributed by atoms with E-state index < -0.39 is 0 Å². The van der Waals surface area contributed by atoms with Crippen molar-refractivity contribution < 1.29 is 38.5 Å². The molecule has 0 bridgehead atoms. The minimum atomic E-state index is -0.230. The Morgan fingerprint density at radius 1 is 0.842 bits per heavy atom. The molecule has 0 unspecified atom stereocenters. The van der Waals surface area contributed by atoms with Crippen molar-refractivity contribution in [2.45, 2.75) is 39.5 Å². The van der Waals surface area contributed by atoms with Crippen molar-refractivity contribution in [1.82, 2.24) is 0 Å². The first-order valence-corrected chi connectivity index (χ1v) is 7.41. The predicted octanol–water partition coefficient (Wildman–Crippen LogP) is 2.52. The van der Waals surface area contributed by atoms with E-state index in [9.17, 15) is 9.59 Å². The molecule has 0 N–H and O–H groups in total. The number of hydrogen-bond donors (Lipinski definition) is 2. The molecular weight excluding hydrogens is 338 g/mol. The van der Waals surface area contributed by atoms with E-state index in [1.807, 2.05) is 0 Å². The molecule has 110 valence electrons. The third kappa shape index (κ3) is 23.7. The third-order valence-electron chi connectivity index (χ3n) is 1.78. The van der Waals surface area contributed by atoms with Gasteiger partial charge in [0.15, 0.2) is 0 Å². The maximum atomic E-state index is 10.4. The van der Waals surface area contributed by atoms with E-state index in [0.717, 1.165) is 25.7 Å². The predicted molar refractivity (Wildman–Crippen MR) is 79.4 cm³/mol. The molecule has 0 aliphatic heterocycles. The van der Waals surface area contributed by atoms with Crippen LogP contribution in [0.1, 0.15) is 39.5 Å². The van der Waals surface area contributed by atoms with Crippen LogP contribution < -0.4 is 0 Å². The van der Waals surface area contributed by atoms with Gasteiger partial charge >= 0.3 is 11.9 Å². The van der Waals surface area contributed by atoms with E-state index in [1.54, 1.807) is 0 Å². The van der Waals surface area contributed by atoms with Crippen LogP contribution in [-0.4, -0.2) is 36.7 Å². The zero-order chi connectivity index (χ0) is 14.2. The molecule has 0 heterocycles. The van der Waals surface area contributed by atoms with Crippen LogP contribution >= 0.6 is 25.3 Å². The van der Waals surface area contributed by atoms with E-state index >= 15 is 0 Å². The van der Waals surface area contributed by atoms with Crippen molar-refractivity contribution in [2.24, 2.45) is 0 Å². The molecule has 0 saturated carbocycles. The molecule has 0 aromatic heterocycles. The van der Waals surface area contributed by atoms with Crippen LogP contribution in [0, 0.1) is 0 Å². The molecule has 0 amide bonds. The summed E-state index contributed by atoms with van der Waals surface area (Å²) in [5, 5.41) is 0. The molecule has 0 radical (unpaired) electrons. The van der Waals surface area contributed by atoms with Gasteiger partial charge in [-0.1, -0.05) is 26.7 Å². The molecule has 0 rings (SSSR count). The van der Waals surface area contributed by atoms with Crippen molar-refractivity contribution in [2.75, 3.05) is 24.7 Å². The van der Waals surface area contributed by atoms with Crippen LogP contribution in [0.5, 0.6) is 0 Å². The van der Waals surface area contributed by atoms with E-state index in [1.165, 1.54) is 0 Å². The number of carbonyl (C=O) groups is 2. The molecule has 0 fully saturated rings. The van der Waals surface area contributed by atoms with Crippen LogP contribution in [0.2, 0.25) is 0 Å². The summed E-state index contributed by atoms with van der Waals surface area (Å²) in [5.41, 5.74) is 0. The Morgan fingerprint density at radius 2 is 1.16 bits per heavy atom. The maximum absolute atomic E-state index is 10.4. The second-order valence-corrected chi connectivity index (χ2v) is 4.10. The summed E-state index contributed by atoms with van der Waals surface area (Å²) < 4.78 is 9.43. The molecule has 0 aliphatic carbocycles. The first-order valence-electron chi connectivity index (χ1n) is 6.15. The van der Waals surface area contributed by atoms with Crippen LogP contribution in [0.15, 0.2) is 0 Å². The summed E-state index contributed by atoms with van der Waals surface area (Å²) in [4.78, 5) is 20.8. The average Bonchev–Trinajstić information content (AvgIpc) is 2.39. The van der Waals surface area contributed by atoms with Gasteiger partial charge in [0.05, 0.1) is 24.7 Å². The van der Waals surface area contributed by atoms with Gasteiger partial charge in [0, 0.05) is 19.5 Å². The molecule has 0 atom stereocenters. The van der Waals surface area contributed by atoms with Crippen LogP contribution in [-0.2, 0) is 38.5 Å². The molecule has 19 heavy (non-hydrogen) atoms. The fourth-order valence-corrected chi connectivity index (χ4v) is 0.935. The molecule has 0 saturated heterocycles. The van der Waals surface area contributed by atoms with Gasteiger partial charge in [-0.25, -0.2) is 0 Å². The van der Waals surface area contributed by atoms with Gasteiger partial charge in [0.25, 0.3) is 0 Å². The maximum Gasteiger partial charge on any atom is 0.315 e. The summed E-state index contributed by atoms with van der Waals surface area (Å²) in [6.45, 7) is 5.18. The number of carbonyl (C=O) groups excluding carboxylic acids is 2. The van der Waals surface area contributed by atoms with Gasteiger partial charge < -0.3 is 9.47 Å². The topological polar surface area (TPSA) is 52.6 Å². The van der Waals surface area contributed by atoms with Gasteiger partial charge in [0.2, 0.25) is 0 Å². The van der Waals surface area contributed by atoms with Gasteiger partial charge in [0.1, 0.15) is 0 Å². The molecule has 0 aliphatic rings. The summed E-state index contributed by atoms with van der Waals surface area (Å²) in [6.07, 6.45) is 4.00. The number of rotatable bonds is 8. The number of hydrogen-bond acceptors (Lipinski definition) is 6. The second kappa shape index (κ2) is 20.6. The normalized spacial score (nSPS) is 8.63. The van der Waals surface area contributed by atoms with Gasteiger partial charge in [-0.3, -0.25) is 9.59 Å². The molecule has 4 nitrogen and oxygen atoms in total. The van der Waals surface area contributed by atoms with Crippen LogP contribution in [0.3, 0.4) is 0 Å². The molecule has 7 heteroatoms. The van der Waals surface area contributed by atoms with Crippen molar-refractivity contribution in [1.29, 1.82) is 0 Å². The summed E-state index contributed by atoms with van der Waals surface area (Å²) in [7, 11) is 0. The molecule has 0 spiro atoms. The standard InChI is InChI=1S/2C6H12O2S.Zn/c2*1-2-3-4-8-6(7)5-9;/h2*9H,2-5H2,1H3;. The third-order valence-corrected chi connectivity index (χ3v) is 2.30. The Hall–Kier alpha value is 0.263. The van der Waals surface area contributed by atoms with E-state index in [-0.39, 0.29) is 42.9 Å². The number of esters is 2. The van der Waals surface area contributed by atoms with Gasteiger partial charge in [-0.15, -0.1) is 0 Å². The number of unbranched alkanes of at least 4 members (excludes halogenated alkanes) is 2. The van der Waals surface area contributed by atoms with E-state index in [4.69, 9.17) is 9.47 Å². The van der Waals surface area contributed by atoms with E-state index in [0.29, 0.717) is 13.2 Å². The Labute approximate surface area is 140 Å².